The summed E-state index contributed by atoms with van der Waals surface area (Å²) in [6.45, 7) is 0.396. The van der Waals surface area contributed by atoms with Crippen LogP contribution in [-0.4, -0.2) is 30.9 Å². The van der Waals surface area contributed by atoms with Crippen molar-refractivity contribution in [3.05, 3.63) is 0 Å². The Morgan fingerprint density at radius 3 is 2.55 bits per heavy atom. The van der Waals surface area contributed by atoms with Crippen LogP contribution in [0.25, 0.3) is 0 Å². The van der Waals surface area contributed by atoms with E-state index in [2.05, 4.69) is 4.74 Å². The van der Waals surface area contributed by atoms with Crippen LogP contribution in [-0.2, 0) is 4.74 Å². The van der Waals surface area contributed by atoms with Gasteiger partial charge in [0.2, 0.25) is 6.86 Å². The Bertz CT molecular complexity index is 134. The molecule has 4 heteroatoms. The SMILES string of the molecule is O=C(OCF)N1CCCCC1. The Balaban J connectivity index is 2.27. The van der Waals surface area contributed by atoms with E-state index in [4.69, 9.17) is 0 Å². The fraction of sp³-hybridized carbons (Fsp3) is 0.857. The van der Waals surface area contributed by atoms with Gasteiger partial charge in [-0.15, -0.1) is 0 Å². The smallest absolute Gasteiger partial charge is 0.412 e. The van der Waals surface area contributed by atoms with Crippen molar-refractivity contribution in [2.45, 2.75) is 19.3 Å². The maximum atomic E-state index is 11.5. The molecular formula is C7H12FNO2. The second kappa shape index (κ2) is 4.16. The first kappa shape index (κ1) is 8.30. The van der Waals surface area contributed by atoms with E-state index in [1.165, 1.54) is 0 Å². The van der Waals surface area contributed by atoms with Gasteiger partial charge in [0.25, 0.3) is 0 Å². The predicted octanol–water partition coefficient (Wildman–Crippen LogP) is 1.54. The first-order valence-electron chi connectivity index (χ1n) is 3.82. The number of rotatable bonds is 1. The zero-order chi connectivity index (χ0) is 8.10. The highest BCUT2D eigenvalue weighted by Gasteiger charge is 2.16. The molecule has 3 nitrogen and oxygen atoms in total. The van der Waals surface area contributed by atoms with Crippen molar-refractivity contribution in [2.75, 3.05) is 20.0 Å². The largest absolute Gasteiger partial charge is 0.417 e. The number of hydrogen-bond acceptors (Lipinski definition) is 2. The van der Waals surface area contributed by atoms with Crippen LogP contribution < -0.4 is 0 Å². The molecule has 1 saturated heterocycles. The Kier molecular flexibility index (Phi) is 3.14. The van der Waals surface area contributed by atoms with Crippen LogP contribution in [0.5, 0.6) is 0 Å². The lowest BCUT2D eigenvalue weighted by Gasteiger charge is -2.24. The molecule has 0 bridgehead atoms. The summed E-state index contributed by atoms with van der Waals surface area (Å²) >= 11 is 0. The van der Waals surface area contributed by atoms with Crippen molar-refractivity contribution in [2.24, 2.45) is 0 Å². The molecular weight excluding hydrogens is 149 g/mol. The van der Waals surface area contributed by atoms with Gasteiger partial charge >= 0.3 is 6.09 Å². The normalized spacial score (nSPS) is 18.1. The topological polar surface area (TPSA) is 29.5 Å². The van der Waals surface area contributed by atoms with Crippen LogP contribution >= 0.6 is 0 Å². The molecule has 0 aromatic heterocycles. The van der Waals surface area contributed by atoms with Gasteiger partial charge in [-0.3, -0.25) is 0 Å². The van der Waals surface area contributed by atoms with E-state index >= 15 is 0 Å². The van der Waals surface area contributed by atoms with Crippen LogP contribution in [0.3, 0.4) is 0 Å². The van der Waals surface area contributed by atoms with E-state index in [1.807, 2.05) is 0 Å². The molecule has 1 aliphatic heterocycles. The minimum absolute atomic E-state index is 0.521. The second-order valence-corrected chi connectivity index (χ2v) is 2.57. The average Bonchev–Trinajstić information content (AvgIpc) is 2.07. The number of carbonyl (C=O) groups excluding carboxylic acids is 1. The van der Waals surface area contributed by atoms with Gasteiger partial charge in [-0.1, -0.05) is 0 Å². The third kappa shape index (κ3) is 2.37. The van der Waals surface area contributed by atoms with Crippen LogP contribution in [0, 0.1) is 0 Å². The monoisotopic (exact) mass is 161 g/mol. The molecule has 0 spiro atoms. The molecule has 0 N–H and O–H groups in total. The molecule has 0 aromatic carbocycles. The van der Waals surface area contributed by atoms with Gasteiger partial charge in [-0.25, -0.2) is 9.18 Å². The Morgan fingerprint density at radius 2 is 2.00 bits per heavy atom. The third-order valence-corrected chi connectivity index (χ3v) is 1.79. The standard InChI is InChI=1S/C7H12FNO2/c8-6-11-7(10)9-4-2-1-3-5-9/h1-6H2. The van der Waals surface area contributed by atoms with Crippen LogP contribution in [0.2, 0.25) is 0 Å². The van der Waals surface area contributed by atoms with Crippen LogP contribution in [0.4, 0.5) is 9.18 Å². The number of likely N-dealkylation sites (tertiary alicyclic amines) is 1. The minimum Gasteiger partial charge on any atom is -0.417 e. The molecule has 0 atom stereocenters. The molecule has 0 unspecified atom stereocenters. The van der Waals surface area contributed by atoms with E-state index in [1.54, 1.807) is 4.90 Å². The van der Waals surface area contributed by atoms with E-state index in [0.29, 0.717) is 13.1 Å². The lowest BCUT2D eigenvalue weighted by molar-refractivity contribution is 0.0601. The zero-order valence-corrected chi connectivity index (χ0v) is 6.38. The summed E-state index contributed by atoms with van der Waals surface area (Å²) in [5.41, 5.74) is 0. The number of alkyl halides is 1. The molecule has 64 valence electrons. The van der Waals surface area contributed by atoms with Gasteiger partial charge in [0.05, 0.1) is 0 Å². The summed E-state index contributed by atoms with van der Waals surface area (Å²) in [4.78, 5) is 12.4. The maximum Gasteiger partial charge on any atom is 0.412 e. The zero-order valence-electron chi connectivity index (χ0n) is 6.38. The molecule has 0 saturated carbocycles. The maximum absolute atomic E-state index is 11.5. The Morgan fingerprint density at radius 1 is 1.36 bits per heavy atom. The number of halogens is 1. The quantitative estimate of drug-likeness (QED) is 0.583. The average molecular weight is 161 g/mol. The number of carbonyl (C=O) groups is 1. The van der Waals surface area contributed by atoms with Gasteiger partial charge in [0, 0.05) is 13.1 Å². The minimum atomic E-state index is -1.02. The van der Waals surface area contributed by atoms with Gasteiger partial charge in [-0.05, 0) is 19.3 Å². The Hall–Kier alpha value is -0.800. The molecule has 1 heterocycles. The van der Waals surface area contributed by atoms with Crippen molar-refractivity contribution in [3.8, 4) is 0 Å². The summed E-state index contributed by atoms with van der Waals surface area (Å²) in [6, 6.07) is 0. The number of hydrogen-bond donors (Lipinski definition) is 0. The highest BCUT2D eigenvalue weighted by Crippen LogP contribution is 2.09. The molecule has 1 rings (SSSR count). The number of amides is 1. The number of ether oxygens (including phenoxy) is 1. The highest BCUT2D eigenvalue weighted by atomic mass is 19.1. The summed E-state index contributed by atoms with van der Waals surface area (Å²) in [6.07, 6.45) is 2.63. The molecule has 1 aliphatic rings. The number of nitrogens with zero attached hydrogens (tertiary/aromatic N) is 1. The van der Waals surface area contributed by atoms with Crippen molar-refractivity contribution in [1.29, 1.82) is 0 Å². The molecule has 0 radical (unpaired) electrons. The summed E-state index contributed by atoms with van der Waals surface area (Å²) in [5.74, 6) is 0. The first-order valence-corrected chi connectivity index (χ1v) is 3.82. The highest BCUT2D eigenvalue weighted by molar-refractivity contribution is 5.67. The van der Waals surface area contributed by atoms with Crippen molar-refractivity contribution < 1.29 is 13.9 Å². The van der Waals surface area contributed by atoms with Crippen molar-refractivity contribution in [3.63, 3.8) is 0 Å². The van der Waals surface area contributed by atoms with Gasteiger partial charge in [0.15, 0.2) is 0 Å². The summed E-state index contributed by atoms with van der Waals surface area (Å²) in [7, 11) is 0. The first-order chi connectivity index (χ1) is 5.34. The van der Waals surface area contributed by atoms with E-state index < -0.39 is 13.0 Å². The van der Waals surface area contributed by atoms with E-state index in [0.717, 1.165) is 19.3 Å². The molecule has 1 fully saturated rings. The van der Waals surface area contributed by atoms with Crippen molar-refractivity contribution in [1.82, 2.24) is 4.90 Å². The van der Waals surface area contributed by atoms with E-state index in [-0.39, 0.29) is 0 Å². The van der Waals surface area contributed by atoms with Crippen LogP contribution in [0.15, 0.2) is 0 Å². The Labute approximate surface area is 65.1 Å². The predicted molar refractivity (Wildman–Crippen MR) is 37.9 cm³/mol. The lowest BCUT2D eigenvalue weighted by atomic mass is 10.1. The fourth-order valence-corrected chi connectivity index (χ4v) is 1.21. The van der Waals surface area contributed by atoms with Crippen molar-refractivity contribution >= 4 is 6.09 Å². The summed E-state index contributed by atoms with van der Waals surface area (Å²) < 4.78 is 15.7. The van der Waals surface area contributed by atoms with Gasteiger partial charge in [0.1, 0.15) is 0 Å². The molecule has 0 aromatic rings. The summed E-state index contributed by atoms with van der Waals surface area (Å²) in [5, 5.41) is 0. The fourth-order valence-electron chi connectivity index (χ4n) is 1.21. The second-order valence-electron chi connectivity index (χ2n) is 2.57. The van der Waals surface area contributed by atoms with Gasteiger partial charge in [-0.2, -0.15) is 0 Å². The molecule has 1 amide bonds. The number of piperidine rings is 1. The molecule has 11 heavy (non-hydrogen) atoms. The lowest BCUT2D eigenvalue weighted by Crippen LogP contribution is -2.35. The van der Waals surface area contributed by atoms with Crippen LogP contribution in [0.1, 0.15) is 19.3 Å². The molecule has 0 aliphatic carbocycles. The third-order valence-electron chi connectivity index (χ3n) is 1.79. The van der Waals surface area contributed by atoms with Gasteiger partial charge < -0.3 is 9.64 Å². The van der Waals surface area contributed by atoms with E-state index in [9.17, 15) is 9.18 Å².